The van der Waals surface area contributed by atoms with Crippen molar-refractivity contribution in [3.63, 3.8) is 0 Å². The van der Waals surface area contributed by atoms with Crippen molar-refractivity contribution in [3.8, 4) is 0 Å². The number of hydrogen-bond acceptors (Lipinski definition) is 2. The molecule has 1 aliphatic rings. The van der Waals surface area contributed by atoms with Crippen LogP contribution in [0.5, 0.6) is 0 Å². The van der Waals surface area contributed by atoms with Crippen molar-refractivity contribution in [2.45, 2.75) is 52.1 Å². The summed E-state index contributed by atoms with van der Waals surface area (Å²) < 4.78 is 0. The molecule has 0 aromatic carbocycles. The van der Waals surface area contributed by atoms with Crippen LogP contribution in [0.15, 0.2) is 0 Å². The highest BCUT2D eigenvalue weighted by Gasteiger charge is 2.29. The molecule has 1 saturated heterocycles. The minimum absolute atomic E-state index is 0. The summed E-state index contributed by atoms with van der Waals surface area (Å²) >= 11 is 0. The summed E-state index contributed by atoms with van der Waals surface area (Å²) in [6.07, 6.45) is 2.08. The van der Waals surface area contributed by atoms with Crippen LogP contribution in [0.2, 0.25) is 0 Å². The van der Waals surface area contributed by atoms with Gasteiger partial charge < -0.3 is 10.6 Å². The fraction of sp³-hybridized carbons (Fsp3) is 0.909. The van der Waals surface area contributed by atoms with Gasteiger partial charge in [-0.1, -0.05) is 13.8 Å². The van der Waals surface area contributed by atoms with Gasteiger partial charge in [0, 0.05) is 5.54 Å². The van der Waals surface area contributed by atoms with Gasteiger partial charge >= 0.3 is 0 Å². The monoisotopic (exact) mass is 234 g/mol. The maximum atomic E-state index is 11.8. The number of rotatable bonds is 3. The smallest absolute Gasteiger partial charge is 0.237 e. The molecule has 90 valence electrons. The lowest BCUT2D eigenvalue weighted by Gasteiger charge is -2.31. The highest BCUT2D eigenvalue weighted by molar-refractivity contribution is 5.85. The summed E-state index contributed by atoms with van der Waals surface area (Å²) in [6.45, 7) is 9.37. The fourth-order valence-electron chi connectivity index (χ4n) is 1.46. The second-order valence-corrected chi connectivity index (χ2v) is 5.01. The molecule has 4 heteroatoms. The Morgan fingerprint density at radius 2 is 2.07 bits per heavy atom. The van der Waals surface area contributed by atoms with Crippen LogP contribution in [-0.2, 0) is 4.79 Å². The van der Waals surface area contributed by atoms with E-state index in [4.69, 9.17) is 0 Å². The van der Waals surface area contributed by atoms with E-state index < -0.39 is 0 Å². The first kappa shape index (κ1) is 14.7. The number of carbonyl (C=O) groups is 1. The molecule has 1 atom stereocenters. The Labute approximate surface area is 98.8 Å². The Morgan fingerprint density at radius 1 is 1.47 bits per heavy atom. The number of hydrogen-bond donors (Lipinski definition) is 2. The molecule has 2 N–H and O–H groups in total. The maximum absolute atomic E-state index is 11.8. The Hall–Kier alpha value is -0.280. The molecule has 0 unspecified atom stereocenters. The molecule has 1 heterocycles. The lowest BCUT2D eigenvalue weighted by Crippen LogP contribution is -2.52. The van der Waals surface area contributed by atoms with Crippen molar-refractivity contribution < 1.29 is 4.79 Å². The van der Waals surface area contributed by atoms with Gasteiger partial charge in [-0.25, -0.2) is 0 Å². The van der Waals surface area contributed by atoms with Crippen LogP contribution in [0.1, 0.15) is 40.5 Å². The van der Waals surface area contributed by atoms with E-state index >= 15 is 0 Å². The van der Waals surface area contributed by atoms with Gasteiger partial charge in [0.25, 0.3) is 0 Å². The van der Waals surface area contributed by atoms with E-state index in [-0.39, 0.29) is 29.9 Å². The van der Waals surface area contributed by atoms with Crippen LogP contribution in [0.4, 0.5) is 0 Å². The van der Waals surface area contributed by atoms with E-state index in [1.165, 1.54) is 0 Å². The van der Waals surface area contributed by atoms with E-state index in [1.807, 2.05) is 0 Å². The average Bonchev–Trinajstić information content (AvgIpc) is 2.54. The summed E-state index contributed by atoms with van der Waals surface area (Å²) in [6, 6.07) is 0.0352. The second kappa shape index (κ2) is 5.71. The van der Waals surface area contributed by atoms with Crippen LogP contribution in [0, 0.1) is 5.92 Å². The normalized spacial score (nSPS) is 21.3. The molecule has 1 fully saturated rings. The molecule has 0 aromatic rings. The zero-order valence-electron chi connectivity index (χ0n) is 10.1. The van der Waals surface area contributed by atoms with E-state index in [2.05, 4.69) is 38.3 Å². The molecule has 1 aliphatic heterocycles. The van der Waals surface area contributed by atoms with Gasteiger partial charge in [-0.2, -0.15) is 0 Å². The minimum Gasteiger partial charge on any atom is -0.350 e. The molecule has 0 aromatic heterocycles. The third kappa shape index (κ3) is 3.99. The molecule has 1 rings (SSSR count). The highest BCUT2D eigenvalue weighted by atomic mass is 35.5. The molecule has 3 nitrogen and oxygen atoms in total. The third-order valence-electron chi connectivity index (χ3n) is 3.27. The Kier molecular flexibility index (Phi) is 5.60. The van der Waals surface area contributed by atoms with Crippen LogP contribution < -0.4 is 10.6 Å². The van der Waals surface area contributed by atoms with Crippen molar-refractivity contribution in [1.29, 1.82) is 0 Å². The van der Waals surface area contributed by atoms with Gasteiger partial charge in [-0.3, -0.25) is 4.79 Å². The number of amides is 1. The fourth-order valence-corrected chi connectivity index (χ4v) is 1.46. The van der Waals surface area contributed by atoms with Gasteiger partial charge in [0.05, 0.1) is 6.04 Å². The molecule has 0 bridgehead atoms. The van der Waals surface area contributed by atoms with Crippen LogP contribution in [0.3, 0.4) is 0 Å². The number of carbonyl (C=O) groups excluding carboxylic acids is 1. The van der Waals surface area contributed by atoms with E-state index in [0.29, 0.717) is 5.92 Å². The first-order valence-corrected chi connectivity index (χ1v) is 5.49. The maximum Gasteiger partial charge on any atom is 0.237 e. The van der Waals surface area contributed by atoms with Crippen LogP contribution in [-0.4, -0.2) is 24.0 Å². The highest BCUT2D eigenvalue weighted by Crippen LogP contribution is 2.16. The Morgan fingerprint density at radius 3 is 2.47 bits per heavy atom. The van der Waals surface area contributed by atoms with Crippen molar-refractivity contribution in [2.75, 3.05) is 6.54 Å². The standard InChI is InChI=1S/C11H22N2O.ClH/c1-8(2)11(3,4)13-10(14)9-6-5-7-12-9;/h8-9,12H,5-7H2,1-4H3,(H,13,14);1H/t9-;/m1./s1. The minimum atomic E-state index is -0.110. The van der Waals surface area contributed by atoms with Crippen molar-refractivity contribution >= 4 is 18.3 Å². The van der Waals surface area contributed by atoms with Gasteiger partial charge in [0.15, 0.2) is 0 Å². The summed E-state index contributed by atoms with van der Waals surface area (Å²) in [4.78, 5) is 11.8. The van der Waals surface area contributed by atoms with E-state index in [9.17, 15) is 4.79 Å². The summed E-state index contributed by atoms with van der Waals surface area (Å²) in [5.74, 6) is 0.606. The van der Waals surface area contributed by atoms with Gasteiger partial charge in [0.1, 0.15) is 0 Å². The summed E-state index contributed by atoms with van der Waals surface area (Å²) in [7, 11) is 0. The molecule has 1 amide bonds. The molecular weight excluding hydrogens is 212 g/mol. The van der Waals surface area contributed by atoms with Gasteiger partial charge in [-0.05, 0) is 39.2 Å². The SMILES string of the molecule is CC(C)C(C)(C)NC(=O)[C@H]1CCCN1.Cl. The summed E-state index contributed by atoms with van der Waals surface area (Å²) in [5.41, 5.74) is -0.110. The molecule has 0 aliphatic carbocycles. The quantitative estimate of drug-likeness (QED) is 0.781. The average molecular weight is 235 g/mol. The number of nitrogens with one attached hydrogen (secondary N) is 2. The first-order chi connectivity index (χ1) is 6.43. The van der Waals surface area contributed by atoms with Crippen LogP contribution in [0.25, 0.3) is 0 Å². The largest absolute Gasteiger partial charge is 0.350 e. The van der Waals surface area contributed by atoms with Crippen molar-refractivity contribution in [1.82, 2.24) is 10.6 Å². The molecule has 15 heavy (non-hydrogen) atoms. The first-order valence-electron chi connectivity index (χ1n) is 5.49. The lowest BCUT2D eigenvalue weighted by molar-refractivity contribution is -0.124. The molecular formula is C11H23ClN2O. The van der Waals surface area contributed by atoms with Crippen molar-refractivity contribution in [2.24, 2.45) is 5.92 Å². The zero-order chi connectivity index (χ0) is 10.8. The summed E-state index contributed by atoms with van der Waals surface area (Å²) in [5, 5.41) is 6.30. The molecule has 0 radical (unpaired) electrons. The van der Waals surface area contributed by atoms with Gasteiger partial charge in [0.2, 0.25) is 5.91 Å². The Balaban J connectivity index is 0.00000196. The zero-order valence-corrected chi connectivity index (χ0v) is 10.9. The lowest BCUT2D eigenvalue weighted by atomic mass is 9.90. The van der Waals surface area contributed by atoms with Crippen LogP contribution >= 0.6 is 12.4 Å². The third-order valence-corrected chi connectivity index (χ3v) is 3.27. The second-order valence-electron chi connectivity index (χ2n) is 5.01. The molecule has 0 saturated carbocycles. The van der Waals surface area contributed by atoms with Gasteiger partial charge in [-0.15, -0.1) is 12.4 Å². The van der Waals surface area contributed by atoms with Crippen molar-refractivity contribution in [3.05, 3.63) is 0 Å². The van der Waals surface area contributed by atoms with E-state index in [1.54, 1.807) is 0 Å². The predicted molar refractivity (Wildman–Crippen MR) is 65.3 cm³/mol. The topological polar surface area (TPSA) is 41.1 Å². The molecule has 0 spiro atoms. The Bertz CT molecular complexity index is 211. The van der Waals surface area contributed by atoms with E-state index in [0.717, 1.165) is 19.4 Å². The number of halogens is 1. The predicted octanol–water partition coefficient (Wildman–Crippen LogP) is 1.71.